The molecule has 1 N–H and O–H groups in total. The van der Waals surface area contributed by atoms with Crippen LogP contribution in [0.1, 0.15) is 6.92 Å². The molecule has 0 heterocycles. The summed E-state index contributed by atoms with van der Waals surface area (Å²) < 4.78 is 8.53. The molecule has 1 amide bonds. The minimum Gasteiger partial charge on any atom is -0.467 e. The van der Waals surface area contributed by atoms with E-state index in [-0.39, 0.29) is 0 Å². The van der Waals surface area contributed by atoms with Gasteiger partial charge in [-0.1, -0.05) is 0 Å². The summed E-state index contributed by atoms with van der Waals surface area (Å²) in [4.78, 5) is 35.6. The summed E-state index contributed by atoms with van der Waals surface area (Å²) in [5.74, 6) is -2.85. The maximum absolute atomic E-state index is 11.3. The molecule has 0 aliphatic rings. The Hall–Kier alpha value is -2.21. The predicted octanol–water partition coefficient (Wildman–Crippen LogP) is -1.49. The third kappa shape index (κ3) is 3.50. The topological polar surface area (TPSA) is 118 Å². The maximum atomic E-state index is 11.3. The van der Waals surface area contributed by atoms with Gasteiger partial charge in [-0.3, -0.25) is 4.79 Å². The van der Waals surface area contributed by atoms with Gasteiger partial charge in [-0.2, -0.15) is 4.79 Å². The van der Waals surface area contributed by atoms with Crippen LogP contribution in [0.15, 0.2) is 0 Å². The summed E-state index contributed by atoms with van der Waals surface area (Å²) in [6, 6.07) is -0.973. The summed E-state index contributed by atoms with van der Waals surface area (Å²) in [5.41, 5.74) is 7.57. The second-order valence-electron chi connectivity index (χ2n) is 2.66. The third-order valence-corrected chi connectivity index (χ3v) is 1.60. The van der Waals surface area contributed by atoms with E-state index >= 15 is 0 Å². The lowest BCUT2D eigenvalue weighted by atomic mass is 10.3. The highest BCUT2D eigenvalue weighted by Gasteiger charge is 2.32. The zero-order chi connectivity index (χ0) is 12.7. The Morgan fingerprint density at radius 1 is 1.25 bits per heavy atom. The lowest BCUT2D eigenvalue weighted by molar-refractivity contribution is -0.145. The van der Waals surface area contributed by atoms with Crippen LogP contribution in [-0.4, -0.2) is 48.6 Å². The zero-order valence-corrected chi connectivity index (χ0v) is 9.01. The number of esters is 2. The molecule has 0 aromatic rings. The Morgan fingerprint density at radius 3 is 2.19 bits per heavy atom. The number of nitrogens with zero attached hydrogens (tertiary/aromatic N) is 2. The molecule has 88 valence electrons. The second-order valence-corrected chi connectivity index (χ2v) is 2.66. The van der Waals surface area contributed by atoms with Gasteiger partial charge in [-0.05, 0) is 6.92 Å². The summed E-state index contributed by atoms with van der Waals surface area (Å²) >= 11 is 0. The van der Waals surface area contributed by atoms with E-state index in [1.807, 2.05) is 0 Å². The molecule has 0 aromatic heterocycles. The lowest BCUT2D eigenvalue weighted by Gasteiger charge is -2.08. The monoisotopic (exact) mass is 229 g/mol. The molecule has 0 aliphatic heterocycles. The SMILES string of the molecule is COC(=O)C(=[N+]=[N-])C(=O)N[C@@H](C)C(=O)OC. The normalized spacial score (nSPS) is 10.7. The van der Waals surface area contributed by atoms with Gasteiger partial charge in [0.15, 0.2) is 0 Å². The molecule has 16 heavy (non-hydrogen) atoms. The molecule has 0 fully saturated rings. The zero-order valence-electron chi connectivity index (χ0n) is 9.01. The van der Waals surface area contributed by atoms with Gasteiger partial charge in [-0.25, -0.2) is 9.59 Å². The second kappa shape index (κ2) is 6.31. The van der Waals surface area contributed by atoms with E-state index in [2.05, 4.69) is 19.6 Å². The van der Waals surface area contributed by atoms with Crippen molar-refractivity contribution in [1.29, 1.82) is 0 Å². The Balaban J connectivity index is 4.64. The number of carbonyl (C=O) groups excluding carboxylic acids is 3. The third-order valence-electron chi connectivity index (χ3n) is 1.60. The summed E-state index contributed by atoms with van der Waals surface area (Å²) in [7, 11) is 2.16. The molecule has 8 heteroatoms. The van der Waals surface area contributed by atoms with Crippen LogP contribution in [0.2, 0.25) is 0 Å². The van der Waals surface area contributed by atoms with E-state index in [9.17, 15) is 14.4 Å². The largest absolute Gasteiger partial charge is 0.467 e. The number of hydrogen-bond donors (Lipinski definition) is 1. The van der Waals surface area contributed by atoms with Crippen LogP contribution in [0.25, 0.3) is 5.53 Å². The molecule has 0 bridgehead atoms. The van der Waals surface area contributed by atoms with Crippen LogP contribution in [0.3, 0.4) is 0 Å². The molecule has 0 rings (SSSR count). The smallest absolute Gasteiger partial charge is 0.462 e. The average molecular weight is 229 g/mol. The molecule has 0 radical (unpaired) electrons. The van der Waals surface area contributed by atoms with Crippen molar-refractivity contribution in [1.82, 2.24) is 5.32 Å². The fourth-order valence-electron chi connectivity index (χ4n) is 0.776. The van der Waals surface area contributed by atoms with E-state index in [4.69, 9.17) is 5.53 Å². The number of ether oxygens (including phenoxy) is 2. The Bertz CT molecular complexity index is 359. The molecular weight excluding hydrogens is 218 g/mol. The first-order valence-electron chi connectivity index (χ1n) is 4.17. The molecule has 1 atom stereocenters. The highest BCUT2D eigenvalue weighted by molar-refractivity contribution is 6.61. The first-order valence-corrected chi connectivity index (χ1v) is 4.17. The number of rotatable bonds is 4. The van der Waals surface area contributed by atoms with Gasteiger partial charge in [0.1, 0.15) is 6.04 Å². The van der Waals surface area contributed by atoms with Gasteiger partial charge in [0, 0.05) is 0 Å². The Morgan fingerprint density at radius 2 is 1.81 bits per heavy atom. The van der Waals surface area contributed by atoms with Crippen LogP contribution < -0.4 is 5.32 Å². The number of carbonyl (C=O) groups is 3. The van der Waals surface area contributed by atoms with Crippen molar-refractivity contribution in [3.63, 3.8) is 0 Å². The molecule has 0 saturated heterocycles. The van der Waals surface area contributed by atoms with Gasteiger partial charge >= 0.3 is 23.6 Å². The minimum atomic E-state index is -1.11. The Kier molecular flexibility index (Phi) is 5.44. The summed E-state index contributed by atoms with van der Waals surface area (Å²) in [5, 5.41) is 2.09. The van der Waals surface area contributed by atoms with Crippen molar-refractivity contribution in [3.8, 4) is 0 Å². The maximum Gasteiger partial charge on any atom is 0.462 e. The van der Waals surface area contributed by atoms with E-state index in [0.717, 1.165) is 14.2 Å². The van der Waals surface area contributed by atoms with Crippen molar-refractivity contribution in [3.05, 3.63) is 5.53 Å². The highest BCUT2D eigenvalue weighted by Crippen LogP contribution is 1.87. The number of nitrogens with one attached hydrogen (secondary N) is 1. The van der Waals surface area contributed by atoms with Gasteiger partial charge in [0.05, 0.1) is 14.2 Å². The quantitative estimate of drug-likeness (QED) is 0.207. The van der Waals surface area contributed by atoms with Crippen LogP contribution in [0, 0.1) is 0 Å². The predicted molar refractivity (Wildman–Crippen MR) is 50.3 cm³/mol. The van der Waals surface area contributed by atoms with Crippen molar-refractivity contribution >= 4 is 23.6 Å². The van der Waals surface area contributed by atoms with Crippen molar-refractivity contribution in [2.45, 2.75) is 13.0 Å². The average Bonchev–Trinajstić information content (AvgIpc) is 2.28. The lowest BCUT2D eigenvalue weighted by Crippen LogP contribution is -2.45. The highest BCUT2D eigenvalue weighted by atomic mass is 16.5. The van der Waals surface area contributed by atoms with Crippen molar-refractivity contribution in [2.75, 3.05) is 14.2 Å². The molecular formula is C8H11N3O5. The van der Waals surface area contributed by atoms with Gasteiger partial charge < -0.3 is 20.3 Å². The van der Waals surface area contributed by atoms with E-state index < -0.39 is 29.6 Å². The first-order chi connectivity index (χ1) is 7.47. The van der Waals surface area contributed by atoms with E-state index in [1.54, 1.807) is 0 Å². The molecule has 0 unspecified atom stereocenters. The summed E-state index contributed by atoms with van der Waals surface area (Å²) in [6.45, 7) is 1.34. The van der Waals surface area contributed by atoms with Gasteiger partial charge in [-0.15, -0.1) is 0 Å². The molecule has 0 spiro atoms. The number of hydrogen-bond acceptors (Lipinski definition) is 5. The first kappa shape index (κ1) is 13.8. The van der Waals surface area contributed by atoms with E-state index in [1.165, 1.54) is 6.92 Å². The van der Waals surface area contributed by atoms with Crippen LogP contribution in [0.5, 0.6) is 0 Å². The number of methoxy groups -OCH3 is 2. The molecule has 8 nitrogen and oxygen atoms in total. The standard InChI is InChI=1S/C8H11N3O5/c1-4(7(13)15-2)10-6(12)5(11-9)8(14)16-3/h4H,1-3H3,(H,10,12)/t4-/m0/s1. The molecule has 0 aliphatic carbocycles. The molecule has 0 aromatic carbocycles. The van der Waals surface area contributed by atoms with Crippen LogP contribution in [0.4, 0.5) is 0 Å². The molecule has 0 saturated carbocycles. The fourth-order valence-corrected chi connectivity index (χ4v) is 0.776. The minimum absolute atomic E-state index is 0.699. The number of amides is 1. The summed E-state index contributed by atoms with van der Waals surface area (Å²) in [6.07, 6.45) is 0. The van der Waals surface area contributed by atoms with Crippen LogP contribution >= 0.6 is 0 Å². The fraction of sp³-hybridized carbons (Fsp3) is 0.500. The van der Waals surface area contributed by atoms with Gasteiger partial charge in [0.2, 0.25) is 0 Å². The van der Waals surface area contributed by atoms with Crippen molar-refractivity contribution in [2.24, 2.45) is 0 Å². The van der Waals surface area contributed by atoms with E-state index in [0.29, 0.717) is 0 Å². The van der Waals surface area contributed by atoms with Crippen LogP contribution in [-0.2, 0) is 23.9 Å². The Labute approximate surface area is 91.1 Å². The van der Waals surface area contributed by atoms with Gasteiger partial charge in [0.25, 0.3) is 0 Å². The van der Waals surface area contributed by atoms with Crippen molar-refractivity contribution < 1.29 is 28.6 Å².